The molecule has 126 valence electrons. The van der Waals surface area contributed by atoms with Crippen molar-refractivity contribution >= 4 is 12.0 Å². The molecule has 1 saturated heterocycles. The highest BCUT2D eigenvalue weighted by atomic mass is 19.1. The Bertz CT molecular complexity index is 545. The summed E-state index contributed by atoms with van der Waals surface area (Å²) in [5.41, 5.74) is 0. The molecule has 0 bridgehead atoms. The molecule has 7 heteroatoms. The van der Waals surface area contributed by atoms with Crippen molar-refractivity contribution in [3.05, 3.63) is 30.1 Å². The van der Waals surface area contributed by atoms with Gasteiger partial charge in [-0.3, -0.25) is 4.79 Å². The van der Waals surface area contributed by atoms with Crippen molar-refractivity contribution in [3.63, 3.8) is 0 Å². The van der Waals surface area contributed by atoms with Crippen LogP contribution in [0.5, 0.6) is 5.75 Å². The van der Waals surface area contributed by atoms with Crippen LogP contribution < -0.4 is 10.1 Å². The Morgan fingerprint density at radius 1 is 1.35 bits per heavy atom. The molecule has 1 fully saturated rings. The molecule has 2 rings (SSSR count). The normalized spacial score (nSPS) is 15.1. The molecule has 1 aliphatic rings. The molecule has 1 heterocycles. The Morgan fingerprint density at radius 2 is 2.09 bits per heavy atom. The molecule has 6 nitrogen and oxygen atoms in total. The zero-order chi connectivity index (χ0) is 16.7. The minimum Gasteiger partial charge on any atom is -0.484 e. The molecule has 23 heavy (non-hydrogen) atoms. The topological polar surface area (TPSA) is 67.9 Å². The van der Waals surface area contributed by atoms with Crippen molar-refractivity contribution in [1.82, 2.24) is 10.2 Å². The second-order valence-corrected chi connectivity index (χ2v) is 5.27. The third-order valence-electron chi connectivity index (χ3n) is 3.55. The summed E-state index contributed by atoms with van der Waals surface area (Å²) < 4.78 is 23.2. The Hall–Kier alpha value is -2.31. The van der Waals surface area contributed by atoms with Crippen molar-refractivity contribution < 1.29 is 23.5 Å². The zero-order valence-electron chi connectivity index (χ0n) is 13.1. The van der Waals surface area contributed by atoms with Crippen LogP contribution in [-0.4, -0.2) is 49.2 Å². The van der Waals surface area contributed by atoms with E-state index in [1.54, 1.807) is 17.9 Å². The summed E-state index contributed by atoms with van der Waals surface area (Å²) in [6.45, 7) is 3.06. The van der Waals surface area contributed by atoms with E-state index in [-0.39, 0.29) is 24.6 Å². The maximum Gasteiger partial charge on any atom is 0.409 e. The van der Waals surface area contributed by atoms with Crippen LogP contribution in [-0.2, 0) is 9.53 Å². The average Bonchev–Trinajstić information content (AvgIpc) is 2.54. The van der Waals surface area contributed by atoms with Crippen molar-refractivity contribution in [2.24, 2.45) is 0 Å². The number of piperidine rings is 1. The molecule has 0 spiro atoms. The van der Waals surface area contributed by atoms with Crippen molar-refractivity contribution in [2.45, 2.75) is 25.8 Å². The van der Waals surface area contributed by atoms with Crippen LogP contribution in [0.2, 0.25) is 0 Å². The molecule has 0 aromatic heterocycles. The third-order valence-corrected chi connectivity index (χ3v) is 3.55. The van der Waals surface area contributed by atoms with E-state index in [0.29, 0.717) is 38.3 Å². The number of hydrogen-bond donors (Lipinski definition) is 1. The first-order valence-electron chi connectivity index (χ1n) is 7.68. The van der Waals surface area contributed by atoms with Crippen LogP contribution in [0.25, 0.3) is 0 Å². The number of carbonyl (C=O) groups is 2. The largest absolute Gasteiger partial charge is 0.484 e. The van der Waals surface area contributed by atoms with Gasteiger partial charge in [-0.15, -0.1) is 0 Å². The molecule has 1 aliphatic heterocycles. The Morgan fingerprint density at radius 3 is 2.74 bits per heavy atom. The van der Waals surface area contributed by atoms with Crippen LogP contribution in [0.1, 0.15) is 19.8 Å². The smallest absolute Gasteiger partial charge is 0.409 e. The molecule has 1 aromatic carbocycles. The fraction of sp³-hybridized carbons (Fsp3) is 0.500. The first-order chi connectivity index (χ1) is 11.1. The summed E-state index contributed by atoms with van der Waals surface area (Å²) in [4.78, 5) is 25.1. The van der Waals surface area contributed by atoms with E-state index >= 15 is 0 Å². The van der Waals surface area contributed by atoms with Crippen LogP contribution in [0.3, 0.4) is 0 Å². The summed E-state index contributed by atoms with van der Waals surface area (Å²) in [6.07, 6.45) is 1.03. The fourth-order valence-electron chi connectivity index (χ4n) is 2.40. The predicted molar refractivity (Wildman–Crippen MR) is 81.7 cm³/mol. The number of likely N-dealkylation sites (tertiary alicyclic amines) is 1. The monoisotopic (exact) mass is 324 g/mol. The second kappa shape index (κ2) is 8.36. The first-order valence-corrected chi connectivity index (χ1v) is 7.68. The molecule has 0 radical (unpaired) electrons. The molecule has 0 saturated carbocycles. The van der Waals surface area contributed by atoms with Crippen LogP contribution in [0, 0.1) is 5.82 Å². The highest BCUT2D eigenvalue weighted by Gasteiger charge is 2.24. The molecule has 2 amide bonds. The predicted octanol–water partition coefficient (Wildman–Crippen LogP) is 1.94. The minimum atomic E-state index is -0.408. The lowest BCUT2D eigenvalue weighted by molar-refractivity contribution is -0.124. The third kappa shape index (κ3) is 5.43. The quantitative estimate of drug-likeness (QED) is 0.899. The fourth-order valence-corrected chi connectivity index (χ4v) is 2.40. The highest BCUT2D eigenvalue weighted by molar-refractivity contribution is 5.77. The van der Waals surface area contributed by atoms with Crippen molar-refractivity contribution in [3.8, 4) is 5.75 Å². The number of carbonyl (C=O) groups excluding carboxylic acids is 2. The van der Waals surface area contributed by atoms with Crippen LogP contribution in [0.4, 0.5) is 9.18 Å². The summed E-state index contributed by atoms with van der Waals surface area (Å²) in [7, 11) is 0. The van der Waals surface area contributed by atoms with Gasteiger partial charge in [-0.1, -0.05) is 6.07 Å². The average molecular weight is 324 g/mol. The lowest BCUT2D eigenvalue weighted by Gasteiger charge is -2.31. The minimum absolute atomic E-state index is 0.00397. The Labute approximate surface area is 134 Å². The molecular weight excluding hydrogens is 303 g/mol. The van der Waals surface area contributed by atoms with Gasteiger partial charge in [0.1, 0.15) is 11.6 Å². The van der Waals surface area contributed by atoms with E-state index in [4.69, 9.17) is 9.47 Å². The summed E-state index contributed by atoms with van der Waals surface area (Å²) in [6, 6.07) is 5.65. The maximum atomic E-state index is 13.0. The lowest BCUT2D eigenvalue weighted by Crippen LogP contribution is -2.47. The number of hydrogen-bond acceptors (Lipinski definition) is 4. The van der Waals surface area contributed by atoms with Gasteiger partial charge in [-0.25, -0.2) is 9.18 Å². The van der Waals surface area contributed by atoms with Gasteiger partial charge in [0.15, 0.2) is 6.61 Å². The van der Waals surface area contributed by atoms with Crippen LogP contribution >= 0.6 is 0 Å². The van der Waals surface area contributed by atoms with Gasteiger partial charge in [0.25, 0.3) is 5.91 Å². The standard InChI is InChI=1S/C16H21FN2O4/c1-2-22-16(21)19-8-6-13(7-9-19)18-15(20)11-23-14-5-3-4-12(17)10-14/h3-5,10,13H,2,6-9,11H2,1H3,(H,18,20). The molecule has 1 N–H and O–H groups in total. The number of amides is 2. The van der Waals surface area contributed by atoms with Gasteiger partial charge in [0.2, 0.25) is 0 Å². The number of rotatable bonds is 5. The van der Waals surface area contributed by atoms with Crippen molar-refractivity contribution in [2.75, 3.05) is 26.3 Å². The number of benzene rings is 1. The second-order valence-electron chi connectivity index (χ2n) is 5.27. The Balaban J connectivity index is 1.69. The number of nitrogens with zero attached hydrogens (tertiary/aromatic N) is 1. The molecular formula is C16H21FN2O4. The summed E-state index contributed by atoms with van der Waals surface area (Å²) in [5.74, 6) is -0.352. The van der Waals surface area contributed by atoms with E-state index in [1.165, 1.54) is 18.2 Å². The van der Waals surface area contributed by atoms with E-state index in [0.717, 1.165) is 0 Å². The summed E-state index contributed by atoms with van der Waals surface area (Å²) >= 11 is 0. The maximum absolute atomic E-state index is 13.0. The SMILES string of the molecule is CCOC(=O)N1CCC(NC(=O)COc2cccc(F)c2)CC1. The van der Waals surface area contributed by atoms with E-state index in [2.05, 4.69) is 5.32 Å². The first kappa shape index (κ1) is 17.1. The molecule has 0 unspecified atom stereocenters. The molecule has 0 aliphatic carbocycles. The van der Waals surface area contributed by atoms with E-state index in [9.17, 15) is 14.0 Å². The number of nitrogens with one attached hydrogen (secondary N) is 1. The number of halogens is 1. The van der Waals surface area contributed by atoms with Crippen molar-refractivity contribution in [1.29, 1.82) is 0 Å². The van der Waals surface area contributed by atoms with Gasteiger partial charge in [-0.05, 0) is 31.9 Å². The van der Waals surface area contributed by atoms with Gasteiger partial charge in [0.05, 0.1) is 6.61 Å². The molecule has 0 atom stereocenters. The van der Waals surface area contributed by atoms with Gasteiger partial charge in [0, 0.05) is 25.2 Å². The lowest BCUT2D eigenvalue weighted by atomic mass is 10.1. The van der Waals surface area contributed by atoms with Gasteiger partial charge < -0.3 is 19.7 Å². The van der Waals surface area contributed by atoms with E-state index in [1.807, 2.05) is 0 Å². The van der Waals surface area contributed by atoms with Gasteiger partial charge >= 0.3 is 6.09 Å². The van der Waals surface area contributed by atoms with Gasteiger partial charge in [-0.2, -0.15) is 0 Å². The number of ether oxygens (including phenoxy) is 2. The zero-order valence-corrected chi connectivity index (χ0v) is 13.1. The highest BCUT2D eigenvalue weighted by Crippen LogP contribution is 2.13. The Kier molecular flexibility index (Phi) is 6.19. The van der Waals surface area contributed by atoms with E-state index < -0.39 is 5.82 Å². The summed E-state index contributed by atoms with van der Waals surface area (Å²) in [5, 5.41) is 2.86. The van der Waals surface area contributed by atoms with Crippen LogP contribution in [0.15, 0.2) is 24.3 Å². The molecule has 1 aromatic rings.